The highest BCUT2D eigenvalue weighted by Gasteiger charge is 2.29. The van der Waals surface area contributed by atoms with Crippen LogP contribution in [0.5, 0.6) is 0 Å². The van der Waals surface area contributed by atoms with E-state index in [0.29, 0.717) is 57.5 Å². The molecule has 0 aromatic carbocycles. The van der Waals surface area contributed by atoms with Gasteiger partial charge in [0.05, 0.1) is 18.8 Å². The molecule has 2 amide bonds. The smallest absolute Gasteiger partial charge is 0.407 e. The molecule has 12 heteroatoms. The lowest BCUT2D eigenvalue weighted by atomic mass is 10.2. The zero-order valence-corrected chi connectivity index (χ0v) is 29.7. The number of nitrogens with one attached hydrogen (secondary N) is 3. The number of alkyl carbamates (subject to hydrolysis) is 1. The molecule has 50 heavy (non-hydrogen) atoms. The van der Waals surface area contributed by atoms with E-state index in [9.17, 15) is 14.4 Å². The van der Waals surface area contributed by atoms with Crippen LogP contribution < -0.4 is 16.2 Å². The summed E-state index contributed by atoms with van der Waals surface area (Å²) < 4.78 is 13.1. The molecule has 1 aliphatic heterocycles. The van der Waals surface area contributed by atoms with Crippen LogP contribution in [0, 0.1) is 0 Å². The fraction of sp³-hybridized carbons (Fsp3) is 0.500. The Morgan fingerprint density at radius 2 is 1.50 bits per heavy atom. The molecule has 1 saturated heterocycles. The molecule has 3 N–H and O–H groups in total. The van der Waals surface area contributed by atoms with E-state index in [-0.39, 0.29) is 35.9 Å². The number of hydrogen-bond donors (Lipinski definition) is 3. The lowest BCUT2D eigenvalue weighted by molar-refractivity contribution is -0.121. The lowest BCUT2D eigenvalue weighted by Gasteiger charge is -2.18. The van der Waals surface area contributed by atoms with E-state index in [0.717, 1.165) is 38.5 Å². The van der Waals surface area contributed by atoms with E-state index < -0.39 is 6.09 Å². The number of fused-ring (bicyclic) bond motifs is 1. The monoisotopic (exact) mass is 689 g/mol. The van der Waals surface area contributed by atoms with E-state index in [1.807, 2.05) is 11.9 Å². The first kappa shape index (κ1) is 39.9. The Morgan fingerprint density at radius 3 is 2.14 bits per heavy atom. The second kappa shape index (κ2) is 24.6. The summed E-state index contributed by atoms with van der Waals surface area (Å²) in [5, 5.41) is 5.70. The number of aromatic nitrogens is 4. The summed E-state index contributed by atoms with van der Waals surface area (Å²) in [7, 11) is 1.94. The van der Waals surface area contributed by atoms with Crippen LogP contribution in [0.15, 0.2) is 90.4 Å². The Balaban J connectivity index is 1.12. The average Bonchev–Trinajstić information content (AvgIpc) is 3.76. The highest BCUT2D eigenvalue weighted by molar-refractivity contribution is 5.76. The molecule has 0 unspecified atom stereocenters. The van der Waals surface area contributed by atoms with Gasteiger partial charge in [0.25, 0.3) is 5.56 Å². The summed E-state index contributed by atoms with van der Waals surface area (Å²) in [5.41, 5.74) is 0.424. The third kappa shape index (κ3) is 16.2. The van der Waals surface area contributed by atoms with Crippen LogP contribution in [-0.2, 0) is 14.3 Å². The molecule has 0 bridgehead atoms. The van der Waals surface area contributed by atoms with Crippen molar-refractivity contribution in [2.45, 2.75) is 83.5 Å². The van der Waals surface area contributed by atoms with Gasteiger partial charge in [-0.05, 0) is 64.8 Å². The van der Waals surface area contributed by atoms with Crippen molar-refractivity contribution in [3.8, 4) is 0 Å². The zero-order chi connectivity index (χ0) is 35.7. The maximum atomic E-state index is 12.2. The van der Waals surface area contributed by atoms with Gasteiger partial charge in [0.1, 0.15) is 12.8 Å². The first-order valence-electron chi connectivity index (χ1n) is 17.8. The standard InChI is InChI=1S/C38H55N7O5/c1-3-4-5-6-7-8-9-10-11-12-13-14-15-16-17-18-19-20-21-22-33(46)39-25-27-44(2)28-26-40-38(48)49-29-32-23-24-34(50-32)45-31-43-35-36(45)41-30-42-37(35)47/h4-5,7-8,10-11,13-14,16-17,19-20,30-32,34H,3,6,9,12,15,18,21-29H2,1-2H3,(H,39,46)(H,40,48)(H,41,42,47)/b5-4-,8-7-,11-10-,14-13-,17-16-,20-19-/t32-,34+/m0/s1. The Morgan fingerprint density at radius 1 is 0.900 bits per heavy atom. The number of carbonyl (C=O) groups is 2. The fourth-order valence-electron chi connectivity index (χ4n) is 5.10. The first-order chi connectivity index (χ1) is 24.5. The number of rotatable bonds is 23. The molecule has 1 fully saturated rings. The van der Waals surface area contributed by atoms with Gasteiger partial charge >= 0.3 is 6.09 Å². The number of aromatic amines is 1. The van der Waals surface area contributed by atoms with Crippen LogP contribution in [-0.4, -0.2) is 82.4 Å². The van der Waals surface area contributed by atoms with Crippen molar-refractivity contribution in [1.82, 2.24) is 35.1 Å². The van der Waals surface area contributed by atoms with Crippen LogP contribution in [0.3, 0.4) is 0 Å². The van der Waals surface area contributed by atoms with Crippen LogP contribution in [0.25, 0.3) is 11.2 Å². The van der Waals surface area contributed by atoms with Crippen molar-refractivity contribution < 1.29 is 19.1 Å². The van der Waals surface area contributed by atoms with Crippen molar-refractivity contribution in [1.29, 1.82) is 0 Å². The van der Waals surface area contributed by atoms with Gasteiger partial charge in [-0.25, -0.2) is 14.8 Å². The second-order valence-corrected chi connectivity index (χ2v) is 12.0. The molecular weight excluding hydrogens is 634 g/mol. The summed E-state index contributed by atoms with van der Waals surface area (Å²) in [6.45, 7) is 4.52. The number of ether oxygens (including phenoxy) is 2. The van der Waals surface area contributed by atoms with Gasteiger partial charge in [-0.15, -0.1) is 0 Å². The molecule has 0 aliphatic carbocycles. The number of hydrogen-bond acceptors (Lipinski definition) is 8. The van der Waals surface area contributed by atoms with Gasteiger partial charge in [-0.2, -0.15) is 0 Å². The molecule has 3 rings (SSSR count). The molecule has 0 saturated carbocycles. The molecule has 2 aromatic heterocycles. The number of amides is 2. The fourth-order valence-corrected chi connectivity index (χ4v) is 5.10. The summed E-state index contributed by atoms with van der Waals surface area (Å²) in [4.78, 5) is 49.1. The quantitative estimate of drug-likeness (QED) is 0.120. The van der Waals surface area contributed by atoms with Crippen LogP contribution >= 0.6 is 0 Å². The van der Waals surface area contributed by atoms with E-state index in [2.05, 4.69) is 105 Å². The third-order valence-electron chi connectivity index (χ3n) is 7.87. The van der Waals surface area contributed by atoms with E-state index in [1.165, 1.54) is 6.33 Å². The second-order valence-electron chi connectivity index (χ2n) is 12.0. The number of likely N-dealkylation sites (N-methyl/N-ethyl adjacent to an activating group) is 1. The summed E-state index contributed by atoms with van der Waals surface area (Å²) in [5.74, 6) is 0.0298. The summed E-state index contributed by atoms with van der Waals surface area (Å²) in [6, 6.07) is 0. The Hall–Kier alpha value is -4.55. The number of allylic oxidation sites excluding steroid dienone is 12. The maximum Gasteiger partial charge on any atom is 0.407 e. The third-order valence-corrected chi connectivity index (χ3v) is 7.87. The van der Waals surface area contributed by atoms with E-state index in [4.69, 9.17) is 9.47 Å². The van der Waals surface area contributed by atoms with Crippen LogP contribution in [0.2, 0.25) is 0 Å². The zero-order valence-electron chi connectivity index (χ0n) is 29.7. The van der Waals surface area contributed by atoms with E-state index >= 15 is 0 Å². The Kier molecular flexibility index (Phi) is 19.6. The molecule has 2 aromatic rings. The van der Waals surface area contributed by atoms with Crippen molar-refractivity contribution in [2.24, 2.45) is 0 Å². The predicted octanol–water partition coefficient (Wildman–Crippen LogP) is 6.05. The van der Waals surface area contributed by atoms with Crippen molar-refractivity contribution in [3.63, 3.8) is 0 Å². The number of nitrogens with zero attached hydrogens (tertiary/aromatic N) is 4. The molecule has 272 valence electrons. The average molecular weight is 690 g/mol. The topological polar surface area (TPSA) is 143 Å². The normalized spacial score (nSPS) is 16.9. The number of carbonyl (C=O) groups excluding carboxylic acids is 2. The van der Waals surface area contributed by atoms with Gasteiger partial charge in [-0.1, -0.05) is 79.8 Å². The van der Waals surface area contributed by atoms with Crippen molar-refractivity contribution >= 4 is 23.2 Å². The first-order valence-corrected chi connectivity index (χ1v) is 17.8. The summed E-state index contributed by atoms with van der Waals surface area (Å²) >= 11 is 0. The van der Waals surface area contributed by atoms with E-state index in [1.54, 1.807) is 10.9 Å². The van der Waals surface area contributed by atoms with Gasteiger partial charge in [0.15, 0.2) is 11.2 Å². The van der Waals surface area contributed by atoms with Gasteiger partial charge in [-0.3, -0.25) is 14.2 Å². The number of imidazole rings is 1. The SMILES string of the molecule is CC/C=C\C/C=C\C/C=C\C/C=C\C/C=C\C/C=C\CCC(=O)NCCN(C)CCNC(=O)OC[C@@H]1CC[C@H](n2cnc3c(=O)[nH]cnc32)O1. The highest BCUT2D eigenvalue weighted by Crippen LogP contribution is 2.29. The number of H-pyrrole nitrogens is 1. The minimum absolute atomic E-state index is 0.0298. The maximum absolute atomic E-state index is 12.2. The van der Waals surface area contributed by atoms with Gasteiger partial charge < -0.3 is 30.0 Å². The minimum atomic E-state index is -0.505. The van der Waals surface area contributed by atoms with Crippen LogP contribution in [0.4, 0.5) is 4.79 Å². The molecule has 3 heterocycles. The predicted molar refractivity (Wildman–Crippen MR) is 199 cm³/mol. The van der Waals surface area contributed by atoms with Crippen molar-refractivity contribution in [3.05, 3.63) is 95.9 Å². The van der Waals surface area contributed by atoms with Gasteiger partial charge in [0.2, 0.25) is 5.91 Å². The minimum Gasteiger partial charge on any atom is -0.447 e. The van der Waals surface area contributed by atoms with Crippen molar-refractivity contribution in [2.75, 3.05) is 39.8 Å². The largest absolute Gasteiger partial charge is 0.447 e. The molecule has 0 spiro atoms. The molecular formula is C38H55N7O5. The van der Waals surface area contributed by atoms with Gasteiger partial charge in [0, 0.05) is 32.6 Å². The lowest BCUT2D eigenvalue weighted by Crippen LogP contribution is -2.38. The Labute approximate surface area is 296 Å². The molecule has 12 nitrogen and oxygen atoms in total. The summed E-state index contributed by atoms with van der Waals surface area (Å²) in [6.07, 6.45) is 36.2. The molecule has 0 radical (unpaired) electrons. The van der Waals surface area contributed by atoms with Crippen LogP contribution in [0.1, 0.15) is 77.4 Å². The molecule has 2 atom stereocenters. The highest BCUT2D eigenvalue weighted by atomic mass is 16.6. The molecule has 1 aliphatic rings. The Bertz CT molecular complexity index is 1520.